The SMILES string of the molecule is Cc1cc2c(F)c(Oc3ncnc(Nc4ccc(C(=O)N5CCN(C)CC5)cn4)c3F)cc(F)c2[nH]1. The topological polar surface area (TPSA) is 99.3 Å². The summed E-state index contributed by atoms with van der Waals surface area (Å²) in [5, 5.41) is 2.66. The van der Waals surface area contributed by atoms with Gasteiger partial charge in [-0.1, -0.05) is 0 Å². The van der Waals surface area contributed by atoms with Crippen molar-refractivity contribution in [2.75, 3.05) is 38.5 Å². The monoisotopic (exact) mass is 497 g/mol. The van der Waals surface area contributed by atoms with Crippen LogP contribution in [0.15, 0.2) is 36.8 Å². The molecule has 3 aromatic heterocycles. The van der Waals surface area contributed by atoms with Crippen molar-refractivity contribution in [3.8, 4) is 11.6 Å². The number of aryl methyl sites for hydroxylation is 1. The first-order chi connectivity index (χ1) is 17.3. The standard InChI is InChI=1S/C24H22F3N7O2/c1-13-9-15-19(26)17(10-16(25)21(15)31-13)36-23-20(27)22(29-12-30-23)32-18-4-3-14(11-28-18)24(35)34-7-5-33(2)6-8-34/h3-4,9-12,31H,5-8H2,1-2H3,(H,28,29,30,32). The fourth-order valence-electron chi connectivity index (χ4n) is 3.93. The number of likely N-dealkylation sites (N-methyl/N-ethyl adjacent to an activating group) is 1. The highest BCUT2D eigenvalue weighted by Gasteiger charge is 2.22. The molecule has 1 saturated heterocycles. The smallest absolute Gasteiger partial charge is 0.261 e. The van der Waals surface area contributed by atoms with Crippen LogP contribution in [0.5, 0.6) is 11.6 Å². The molecule has 0 spiro atoms. The van der Waals surface area contributed by atoms with Gasteiger partial charge in [0.25, 0.3) is 11.8 Å². The fourth-order valence-corrected chi connectivity index (χ4v) is 3.93. The van der Waals surface area contributed by atoms with Crippen molar-refractivity contribution in [3.05, 3.63) is 65.5 Å². The van der Waals surface area contributed by atoms with E-state index in [0.29, 0.717) is 24.3 Å². The first-order valence-corrected chi connectivity index (χ1v) is 11.2. The summed E-state index contributed by atoms with van der Waals surface area (Å²) < 4.78 is 49.6. The maximum absolute atomic E-state index is 15.0. The summed E-state index contributed by atoms with van der Waals surface area (Å²) in [6, 6.07) is 5.34. The first-order valence-electron chi connectivity index (χ1n) is 11.2. The van der Waals surface area contributed by atoms with Gasteiger partial charge in [0.2, 0.25) is 5.82 Å². The lowest BCUT2D eigenvalue weighted by molar-refractivity contribution is 0.0663. The minimum Gasteiger partial charge on any atom is -0.433 e. The van der Waals surface area contributed by atoms with Crippen LogP contribution < -0.4 is 10.1 Å². The molecule has 1 fully saturated rings. The predicted molar refractivity (Wildman–Crippen MR) is 126 cm³/mol. The third kappa shape index (κ3) is 4.54. The van der Waals surface area contributed by atoms with Gasteiger partial charge < -0.3 is 24.8 Å². The number of carbonyl (C=O) groups excluding carboxylic acids is 1. The Labute approximate surface area is 203 Å². The Balaban J connectivity index is 1.33. The average Bonchev–Trinajstić information content (AvgIpc) is 3.28. The molecule has 9 nitrogen and oxygen atoms in total. The van der Waals surface area contributed by atoms with Gasteiger partial charge in [-0.15, -0.1) is 0 Å². The number of carbonyl (C=O) groups is 1. The molecule has 0 unspecified atom stereocenters. The molecule has 1 aliphatic rings. The van der Waals surface area contributed by atoms with Crippen LogP contribution in [-0.2, 0) is 0 Å². The predicted octanol–water partition coefficient (Wildman–Crippen LogP) is 4.00. The first kappa shape index (κ1) is 23.5. The average molecular weight is 497 g/mol. The molecule has 4 aromatic rings. The number of piperazine rings is 1. The maximum atomic E-state index is 15.0. The van der Waals surface area contributed by atoms with Crippen molar-refractivity contribution in [1.82, 2.24) is 29.7 Å². The van der Waals surface area contributed by atoms with Gasteiger partial charge in [0.05, 0.1) is 11.1 Å². The van der Waals surface area contributed by atoms with Crippen molar-refractivity contribution in [3.63, 3.8) is 0 Å². The van der Waals surface area contributed by atoms with E-state index in [1.807, 2.05) is 7.05 Å². The Kier molecular flexibility index (Phi) is 6.18. The van der Waals surface area contributed by atoms with E-state index in [-0.39, 0.29) is 28.4 Å². The number of aromatic amines is 1. The van der Waals surface area contributed by atoms with Crippen LogP contribution in [-0.4, -0.2) is 68.9 Å². The molecule has 12 heteroatoms. The van der Waals surface area contributed by atoms with Gasteiger partial charge in [0.1, 0.15) is 12.1 Å². The second-order valence-electron chi connectivity index (χ2n) is 8.51. The number of H-pyrrole nitrogens is 1. The molecule has 1 aromatic carbocycles. The van der Waals surface area contributed by atoms with Crippen molar-refractivity contribution in [1.29, 1.82) is 0 Å². The summed E-state index contributed by atoms with van der Waals surface area (Å²) in [5.74, 6) is -3.95. The summed E-state index contributed by atoms with van der Waals surface area (Å²) >= 11 is 0. The lowest BCUT2D eigenvalue weighted by atomic mass is 10.2. The number of nitrogens with zero attached hydrogens (tertiary/aromatic N) is 5. The molecule has 186 valence electrons. The number of nitrogens with one attached hydrogen (secondary N) is 2. The van der Waals surface area contributed by atoms with E-state index in [4.69, 9.17) is 4.74 Å². The third-order valence-electron chi connectivity index (χ3n) is 5.91. The minimum atomic E-state index is -1.03. The molecule has 0 aliphatic carbocycles. The Morgan fingerprint density at radius 3 is 2.56 bits per heavy atom. The second kappa shape index (κ2) is 9.46. The molecular formula is C24H22F3N7O2. The van der Waals surface area contributed by atoms with Crippen molar-refractivity contribution < 1.29 is 22.7 Å². The number of fused-ring (bicyclic) bond motifs is 1. The molecular weight excluding hydrogens is 475 g/mol. The Morgan fingerprint density at radius 2 is 1.83 bits per heavy atom. The van der Waals surface area contributed by atoms with Crippen molar-refractivity contribution in [2.24, 2.45) is 0 Å². The van der Waals surface area contributed by atoms with Crippen molar-refractivity contribution in [2.45, 2.75) is 6.92 Å². The van der Waals surface area contributed by atoms with E-state index in [1.54, 1.807) is 17.9 Å². The third-order valence-corrected chi connectivity index (χ3v) is 5.91. The zero-order valence-corrected chi connectivity index (χ0v) is 19.5. The van der Waals surface area contributed by atoms with E-state index in [0.717, 1.165) is 25.5 Å². The van der Waals surface area contributed by atoms with Gasteiger partial charge in [-0.05, 0) is 32.2 Å². The highest BCUT2D eigenvalue weighted by molar-refractivity contribution is 5.94. The van der Waals surface area contributed by atoms with E-state index < -0.39 is 29.1 Å². The normalized spacial score (nSPS) is 14.3. The summed E-state index contributed by atoms with van der Waals surface area (Å²) in [6.45, 7) is 4.51. The number of pyridine rings is 1. The van der Waals surface area contributed by atoms with E-state index >= 15 is 4.39 Å². The minimum absolute atomic E-state index is 0.0107. The Hall–Kier alpha value is -4.19. The van der Waals surface area contributed by atoms with E-state index in [2.05, 4.69) is 30.2 Å². The molecule has 4 heterocycles. The van der Waals surface area contributed by atoms with Gasteiger partial charge in [-0.25, -0.2) is 18.7 Å². The zero-order valence-electron chi connectivity index (χ0n) is 19.5. The summed E-state index contributed by atoms with van der Waals surface area (Å²) in [4.78, 5) is 31.0. The van der Waals surface area contributed by atoms with Gasteiger partial charge >= 0.3 is 0 Å². The molecule has 0 radical (unpaired) electrons. The number of hydrogen-bond donors (Lipinski definition) is 2. The Bertz CT molecular complexity index is 1430. The summed E-state index contributed by atoms with van der Waals surface area (Å²) in [6.07, 6.45) is 2.41. The fraction of sp³-hybridized carbons (Fsp3) is 0.250. The molecule has 0 atom stereocenters. The number of anilines is 2. The number of aromatic nitrogens is 4. The summed E-state index contributed by atoms with van der Waals surface area (Å²) in [5.41, 5.74) is 0.956. The molecule has 1 amide bonds. The molecule has 1 aliphatic heterocycles. The number of ether oxygens (including phenoxy) is 1. The van der Waals surface area contributed by atoms with Crippen LogP contribution in [0.3, 0.4) is 0 Å². The van der Waals surface area contributed by atoms with Gasteiger partial charge in [0, 0.05) is 49.5 Å². The van der Waals surface area contributed by atoms with Crippen LogP contribution in [0.4, 0.5) is 24.8 Å². The van der Waals surface area contributed by atoms with E-state index in [9.17, 15) is 13.6 Å². The van der Waals surface area contributed by atoms with Crippen LogP contribution in [0.25, 0.3) is 10.9 Å². The number of benzene rings is 1. The van der Waals surface area contributed by atoms with E-state index in [1.165, 1.54) is 18.3 Å². The summed E-state index contributed by atoms with van der Waals surface area (Å²) in [7, 11) is 2.00. The Morgan fingerprint density at radius 1 is 1.06 bits per heavy atom. The molecule has 36 heavy (non-hydrogen) atoms. The molecule has 0 saturated carbocycles. The maximum Gasteiger partial charge on any atom is 0.261 e. The highest BCUT2D eigenvalue weighted by Crippen LogP contribution is 2.33. The van der Waals surface area contributed by atoms with Crippen LogP contribution >= 0.6 is 0 Å². The van der Waals surface area contributed by atoms with Crippen LogP contribution in [0.2, 0.25) is 0 Å². The second-order valence-corrected chi connectivity index (χ2v) is 8.51. The molecule has 5 rings (SSSR count). The number of hydrogen-bond acceptors (Lipinski definition) is 7. The van der Waals surface area contributed by atoms with Crippen LogP contribution in [0.1, 0.15) is 16.1 Å². The van der Waals surface area contributed by atoms with Gasteiger partial charge in [-0.3, -0.25) is 4.79 Å². The number of amides is 1. The zero-order chi connectivity index (χ0) is 25.4. The van der Waals surface area contributed by atoms with Gasteiger partial charge in [0.15, 0.2) is 23.2 Å². The lowest BCUT2D eigenvalue weighted by Crippen LogP contribution is -2.47. The van der Waals surface area contributed by atoms with Gasteiger partial charge in [-0.2, -0.15) is 9.37 Å². The largest absolute Gasteiger partial charge is 0.433 e. The number of rotatable bonds is 5. The number of halogens is 3. The van der Waals surface area contributed by atoms with Crippen LogP contribution in [0, 0.1) is 24.4 Å². The molecule has 0 bridgehead atoms. The van der Waals surface area contributed by atoms with Crippen molar-refractivity contribution >= 4 is 28.4 Å². The lowest BCUT2D eigenvalue weighted by Gasteiger charge is -2.32. The quantitative estimate of drug-likeness (QED) is 0.430. The molecule has 2 N–H and O–H groups in total. The highest BCUT2D eigenvalue weighted by atomic mass is 19.1.